The molecular weight excluding hydrogens is 258 g/mol. The fraction of sp³-hybridized carbons (Fsp3) is 0.467. The second-order valence-electron chi connectivity index (χ2n) is 5.10. The van der Waals surface area contributed by atoms with E-state index < -0.39 is 5.60 Å². The average molecular weight is 279 g/mol. The molecule has 4 heteroatoms. The number of benzene rings is 1. The predicted molar refractivity (Wildman–Crippen MR) is 80.9 cm³/mol. The van der Waals surface area contributed by atoms with Gasteiger partial charge in [0.05, 0.1) is 12.2 Å². The second-order valence-corrected chi connectivity index (χ2v) is 6.01. The van der Waals surface area contributed by atoms with Crippen LogP contribution >= 0.6 is 11.3 Å². The number of methoxy groups -OCH3 is 1. The van der Waals surface area contributed by atoms with Gasteiger partial charge in [0, 0.05) is 31.3 Å². The lowest BCUT2D eigenvalue weighted by molar-refractivity contribution is 0.0585. The molecule has 0 fully saturated rings. The second kappa shape index (κ2) is 6.48. The molecule has 1 atom stereocenters. The van der Waals surface area contributed by atoms with Gasteiger partial charge < -0.3 is 15.2 Å². The van der Waals surface area contributed by atoms with Crippen molar-refractivity contribution in [1.82, 2.24) is 5.32 Å². The van der Waals surface area contributed by atoms with Gasteiger partial charge in [-0.05, 0) is 29.3 Å². The molecule has 2 rings (SSSR count). The topological polar surface area (TPSA) is 41.5 Å². The Balaban J connectivity index is 1.99. The summed E-state index contributed by atoms with van der Waals surface area (Å²) in [5.41, 5.74) is 0.483. The van der Waals surface area contributed by atoms with Crippen molar-refractivity contribution in [3.05, 3.63) is 35.2 Å². The van der Waals surface area contributed by atoms with Crippen LogP contribution in [-0.4, -0.2) is 37.5 Å². The van der Waals surface area contributed by atoms with Crippen molar-refractivity contribution in [3.63, 3.8) is 0 Å². The fourth-order valence-corrected chi connectivity index (χ4v) is 3.14. The number of aliphatic hydroxyl groups is 1. The normalized spacial score (nSPS) is 14.7. The van der Waals surface area contributed by atoms with Crippen LogP contribution in [0.5, 0.6) is 0 Å². The van der Waals surface area contributed by atoms with Crippen LogP contribution < -0.4 is 5.32 Å². The summed E-state index contributed by atoms with van der Waals surface area (Å²) in [6, 6.07) is 8.34. The minimum absolute atomic E-state index is 0.570. The van der Waals surface area contributed by atoms with Crippen LogP contribution in [0.4, 0.5) is 0 Å². The SMILES string of the molecule is COCCNCC(C)(O)Cc1csc2ccccc12. The van der Waals surface area contributed by atoms with Crippen LogP contribution in [0.3, 0.4) is 0 Å². The van der Waals surface area contributed by atoms with E-state index in [1.807, 2.05) is 19.1 Å². The van der Waals surface area contributed by atoms with Crippen LogP contribution in [0.1, 0.15) is 12.5 Å². The third-order valence-corrected chi connectivity index (χ3v) is 4.13. The van der Waals surface area contributed by atoms with E-state index in [0.717, 1.165) is 6.54 Å². The molecule has 0 bridgehead atoms. The van der Waals surface area contributed by atoms with E-state index in [1.165, 1.54) is 15.6 Å². The van der Waals surface area contributed by atoms with E-state index in [0.29, 0.717) is 19.6 Å². The Labute approximate surface area is 118 Å². The van der Waals surface area contributed by atoms with Gasteiger partial charge in [-0.25, -0.2) is 0 Å². The first-order valence-electron chi connectivity index (χ1n) is 6.49. The molecule has 1 heterocycles. The molecule has 2 N–H and O–H groups in total. The molecule has 0 aliphatic rings. The number of nitrogens with one attached hydrogen (secondary N) is 1. The third-order valence-electron chi connectivity index (χ3n) is 3.12. The summed E-state index contributed by atoms with van der Waals surface area (Å²) in [5.74, 6) is 0. The summed E-state index contributed by atoms with van der Waals surface area (Å²) in [5, 5.41) is 17.1. The Hall–Kier alpha value is -0.940. The minimum atomic E-state index is -0.739. The van der Waals surface area contributed by atoms with Gasteiger partial charge in [0.2, 0.25) is 0 Å². The van der Waals surface area contributed by atoms with Gasteiger partial charge in [0.15, 0.2) is 0 Å². The van der Waals surface area contributed by atoms with Crippen molar-refractivity contribution < 1.29 is 9.84 Å². The third kappa shape index (κ3) is 4.01. The molecule has 0 saturated carbocycles. The highest BCUT2D eigenvalue weighted by molar-refractivity contribution is 7.17. The maximum Gasteiger partial charge on any atom is 0.0784 e. The van der Waals surface area contributed by atoms with E-state index in [9.17, 15) is 5.11 Å². The lowest BCUT2D eigenvalue weighted by Crippen LogP contribution is -2.40. The predicted octanol–water partition coefficient (Wildman–Crippen LogP) is 2.43. The highest BCUT2D eigenvalue weighted by Crippen LogP contribution is 2.28. The standard InChI is InChI=1S/C15H21NO2S/c1-15(17,11-16-7-8-18-2)9-12-10-19-14-6-4-3-5-13(12)14/h3-6,10,16-17H,7-9,11H2,1-2H3. The number of hydrogen-bond acceptors (Lipinski definition) is 4. The number of hydrogen-bond donors (Lipinski definition) is 2. The van der Waals surface area contributed by atoms with Gasteiger partial charge in [-0.15, -0.1) is 11.3 Å². The average Bonchev–Trinajstić information content (AvgIpc) is 2.78. The smallest absolute Gasteiger partial charge is 0.0784 e. The van der Waals surface area contributed by atoms with Gasteiger partial charge in [-0.1, -0.05) is 18.2 Å². The summed E-state index contributed by atoms with van der Waals surface area (Å²) in [7, 11) is 1.68. The summed E-state index contributed by atoms with van der Waals surface area (Å²) in [6.45, 7) is 3.87. The molecule has 0 amide bonds. The van der Waals surface area contributed by atoms with Gasteiger partial charge in [-0.3, -0.25) is 0 Å². The Morgan fingerprint density at radius 1 is 1.37 bits per heavy atom. The summed E-state index contributed by atoms with van der Waals surface area (Å²) in [4.78, 5) is 0. The molecule has 0 aliphatic heterocycles. The molecule has 0 aliphatic carbocycles. The molecule has 0 saturated heterocycles. The number of ether oxygens (including phenoxy) is 1. The summed E-state index contributed by atoms with van der Waals surface area (Å²) in [6.07, 6.45) is 0.664. The van der Waals surface area contributed by atoms with Crippen molar-refractivity contribution in [2.75, 3.05) is 26.8 Å². The van der Waals surface area contributed by atoms with Crippen molar-refractivity contribution in [1.29, 1.82) is 0 Å². The van der Waals surface area contributed by atoms with Crippen LogP contribution in [-0.2, 0) is 11.2 Å². The van der Waals surface area contributed by atoms with Gasteiger partial charge in [0.1, 0.15) is 0 Å². The fourth-order valence-electron chi connectivity index (χ4n) is 2.17. The quantitative estimate of drug-likeness (QED) is 0.765. The zero-order chi connectivity index (χ0) is 13.7. The lowest BCUT2D eigenvalue weighted by Gasteiger charge is -2.23. The minimum Gasteiger partial charge on any atom is -0.389 e. The molecule has 2 aromatic rings. The maximum atomic E-state index is 10.4. The molecule has 104 valence electrons. The van der Waals surface area contributed by atoms with Gasteiger partial charge in [0.25, 0.3) is 0 Å². The van der Waals surface area contributed by atoms with Crippen molar-refractivity contribution in [2.24, 2.45) is 0 Å². The lowest BCUT2D eigenvalue weighted by atomic mass is 9.96. The van der Waals surface area contributed by atoms with E-state index in [4.69, 9.17) is 4.74 Å². The van der Waals surface area contributed by atoms with Crippen molar-refractivity contribution in [3.8, 4) is 0 Å². The first-order chi connectivity index (χ1) is 9.12. The van der Waals surface area contributed by atoms with Gasteiger partial charge in [-0.2, -0.15) is 0 Å². The number of fused-ring (bicyclic) bond motifs is 1. The Morgan fingerprint density at radius 2 is 2.16 bits per heavy atom. The Bertz CT molecular complexity index is 522. The maximum absolute atomic E-state index is 10.4. The number of rotatable bonds is 7. The molecule has 1 aromatic carbocycles. The molecule has 0 radical (unpaired) electrons. The monoisotopic (exact) mass is 279 g/mol. The van der Waals surface area contributed by atoms with Crippen molar-refractivity contribution in [2.45, 2.75) is 18.9 Å². The van der Waals surface area contributed by atoms with E-state index >= 15 is 0 Å². The zero-order valence-electron chi connectivity index (χ0n) is 11.5. The van der Waals surface area contributed by atoms with Crippen LogP contribution in [0.2, 0.25) is 0 Å². The van der Waals surface area contributed by atoms with Crippen LogP contribution in [0.25, 0.3) is 10.1 Å². The first-order valence-corrected chi connectivity index (χ1v) is 7.37. The molecule has 19 heavy (non-hydrogen) atoms. The molecule has 1 aromatic heterocycles. The Morgan fingerprint density at radius 3 is 2.95 bits per heavy atom. The summed E-state index contributed by atoms with van der Waals surface area (Å²) >= 11 is 1.74. The van der Waals surface area contributed by atoms with E-state index in [1.54, 1.807) is 18.4 Å². The Kier molecular flexibility index (Phi) is 4.93. The van der Waals surface area contributed by atoms with Crippen LogP contribution in [0.15, 0.2) is 29.6 Å². The highest BCUT2D eigenvalue weighted by atomic mass is 32.1. The van der Waals surface area contributed by atoms with Gasteiger partial charge >= 0.3 is 0 Å². The van der Waals surface area contributed by atoms with Crippen LogP contribution in [0, 0.1) is 0 Å². The number of thiophene rings is 1. The molecule has 0 spiro atoms. The molecular formula is C15H21NO2S. The van der Waals surface area contributed by atoms with E-state index in [-0.39, 0.29) is 0 Å². The van der Waals surface area contributed by atoms with E-state index in [2.05, 4.69) is 22.8 Å². The first kappa shape index (κ1) is 14.5. The van der Waals surface area contributed by atoms with Crippen molar-refractivity contribution >= 4 is 21.4 Å². The molecule has 3 nitrogen and oxygen atoms in total. The highest BCUT2D eigenvalue weighted by Gasteiger charge is 2.22. The summed E-state index contributed by atoms with van der Waals surface area (Å²) < 4.78 is 6.26. The zero-order valence-corrected chi connectivity index (χ0v) is 12.3. The molecule has 1 unspecified atom stereocenters. The largest absolute Gasteiger partial charge is 0.389 e.